The maximum absolute atomic E-state index is 10.3. The molecular weight excluding hydrogens is 248 g/mol. The average molecular weight is 260 g/mol. The van der Waals surface area contributed by atoms with Crippen molar-refractivity contribution in [2.45, 2.75) is 18.4 Å². The van der Waals surface area contributed by atoms with Crippen molar-refractivity contribution in [2.24, 2.45) is 0 Å². The van der Waals surface area contributed by atoms with E-state index < -0.39 is 36.4 Å². The molecule has 0 unspecified atom stereocenters. The van der Waals surface area contributed by atoms with Crippen LogP contribution in [0.2, 0.25) is 0 Å². The molecule has 9 heteroatoms. The smallest absolute Gasteiger partial charge is 0.336 e. The molecule has 0 bridgehead atoms. The molecule has 1 aromatic rings. The zero-order valence-electron chi connectivity index (χ0n) is 9.11. The summed E-state index contributed by atoms with van der Waals surface area (Å²) in [6, 6.07) is 1.83. The van der Waals surface area contributed by atoms with Gasteiger partial charge in [-0.05, 0) is 6.07 Å². The molecule has 0 aliphatic rings. The first kappa shape index (κ1) is 15.6. The second-order valence-electron chi connectivity index (χ2n) is 3.24. The second kappa shape index (κ2) is 7.01. The molecule has 0 saturated carbocycles. The van der Waals surface area contributed by atoms with Crippen molar-refractivity contribution in [3.63, 3.8) is 0 Å². The van der Waals surface area contributed by atoms with Crippen molar-refractivity contribution in [2.75, 3.05) is 0 Å². The highest BCUT2D eigenvalue weighted by atomic mass is 16.4. The molecule has 0 saturated heterocycles. The van der Waals surface area contributed by atoms with E-state index >= 15 is 0 Å². The molecule has 0 aliphatic carbocycles. The number of hydrogen-bond acceptors (Lipinski definition) is 5. The molecule has 0 radical (unpaired) electrons. The van der Waals surface area contributed by atoms with Crippen molar-refractivity contribution in [3.05, 3.63) is 18.5 Å². The van der Waals surface area contributed by atoms with Crippen molar-refractivity contribution in [3.8, 4) is 0 Å². The quantitative estimate of drug-likeness (QED) is 0.457. The third-order valence-electron chi connectivity index (χ3n) is 1.69. The van der Waals surface area contributed by atoms with Crippen LogP contribution in [0.3, 0.4) is 0 Å². The number of carboxylic acids is 3. The van der Waals surface area contributed by atoms with Crippen molar-refractivity contribution in [1.82, 2.24) is 10.2 Å². The van der Waals surface area contributed by atoms with Gasteiger partial charge in [0.25, 0.3) is 0 Å². The number of aromatic nitrogens is 2. The van der Waals surface area contributed by atoms with E-state index in [1.54, 1.807) is 12.4 Å². The number of nitrogens with zero attached hydrogens (tertiary/aromatic N) is 1. The number of carboxylic acid groups (broad SMARTS) is 3. The Morgan fingerprint density at radius 1 is 1.11 bits per heavy atom. The lowest BCUT2D eigenvalue weighted by Gasteiger charge is -2.18. The number of aromatic amines is 1. The fraction of sp³-hybridized carbons (Fsp3) is 0.333. The number of aliphatic hydroxyl groups is 1. The molecule has 1 heterocycles. The van der Waals surface area contributed by atoms with Crippen molar-refractivity contribution in [1.29, 1.82) is 0 Å². The summed E-state index contributed by atoms with van der Waals surface area (Å²) in [6.45, 7) is 0. The average Bonchev–Trinajstić information content (AvgIpc) is 2.71. The normalized spacial score (nSPS) is 10.1. The summed E-state index contributed by atoms with van der Waals surface area (Å²) in [4.78, 5) is 30.5. The number of carbonyl (C=O) groups is 3. The number of H-pyrrole nitrogens is 1. The van der Waals surface area contributed by atoms with Gasteiger partial charge in [0.15, 0.2) is 5.60 Å². The van der Waals surface area contributed by atoms with E-state index in [2.05, 4.69) is 10.2 Å². The van der Waals surface area contributed by atoms with Gasteiger partial charge in [-0.1, -0.05) is 0 Å². The van der Waals surface area contributed by atoms with Gasteiger partial charge in [-0.3, -0.25) is 14.7 Å². The van der Waals surface area contributed by atoms with Crippen LogP contribution in [0.1, 0.15) is 12.8 Å². The molecule has 5 N–H and O–H groups in total. The van der Waals surface area contributed by atoms with E-state index in [0.29, 0.717) is 0 Å². The van der Waals surface area contributed by atoms with Crippen LogP contribution in [-0.4, -0.2) is 54.1 Å². The predicted molar refractivity (Wildman–Crippen MR) is 55.7 cm³/mol. The summed E-state index contributed by atoms with van der Waals surface area (Å²) in [7, 11) is 0. The van der Waals surface area contributed by atoms with E-state index in [1.807, 2.05) is 6.07 Å². The molecule has 0 spiro atoms. The predicted octanol–water partition coefficient (Wildman–Crippen LogP) is -0.839. The van der Waals surface area contributed by atoms with Crippen molar-refractivity contribution < 1.29 is 34.8 Å². The molecule has 0 aliphatic heterocycles. The van der Waals surface area contributed by atoms with Crippen LogP contribution in [0.5, 0.6) is 0 Å². The summed E-state index contributed by atoms with van der Waals surface area (Å²) in [5.74, 6) is -5.02. The van der Waals surface area contributed by atoms with E-state index in [1.165, 1.54) is 0 Å². The Morgan fingerprint density at radius 2 is 1.61 bits per heavy atom. The Balaban J connectivity index is 0.000000473. The van der Waals surface area contributed by atoms with Crippen LogP contribution in [0.25, 0.3) is 0 Å². The zero-order valence-corrected chi connectivity index (χ0v) is 9.11. The topological polar surface area (TPSA) is 161 Å². The van der Waals surface area contributed by atoms with Gasteiger partial charge in [0, 0.05) is 12.4 Å². The number of rotatable bonds is 5. The van der Waals surface area contributed by atoms with Crippen LogP contribution in [-0.2, 0) is 14.4 Å². The summed E-state index contributed by atoms with van der Waals surface area (Å²) >= 11 is 0. The van der Waals surface area contributed by atoms with Crippen LogP contribution in [0.15, 0.2) is 18.5 Å². The first-order valence-corrected chi connectivity index (χ1v) is 4.61. The third-order valence-corrected chi connectivity index (χ3v) is 1.69. The second-order valence-corrected chi connectivity index (χ2v) is 3.24. The fourth-order valence-corrected chi connectivity index (χ4v) is 0.929. The van der Waals surface area contributed by atoms with Crippen LogP contribution in [0.4, 0.5) is 0 Å². The largest absolute Gasteiger partial charge is 0.481 e. The maximum atomic E-state index is 10.3. The molecule has 0 atom stereocenters. The molecule has 0 fully saturated rings. The van der Waals surface area contributed by atoms with Gasteiger partial charge >= 0.3 is 17.9 Å². The first-order chi connectivity index (χ1) is 8.28. The Morgan fingerprint density at radius 3 is 1.78 bits per heavy atom. The lowest BCUT2D eigenvalue weighted by atomic mass is 9.96. The van der Waals surface area contributed by atoms with E-state index in [9.17, 15) is 14.4 Å². The lowest BCUT2D eigenvalue weighted by Crippen LogP contribution is -2.42. The summed E-state index contributed by atoms with van der Waals surface area (Å²) in [5, 5.41) is 40.0. The number of hydrogen-bond donors (Lipinski definition) is 5. The highest BCUT2D eigenvalue weighted by Gasteiger charge is 2.40. The molecule has 18 heavy (non-hydrogen) atoms. The number of nitrogens with one attached hydrogen (secondary N) is 1. The van der Waals surface area contributed by atoms with Crippen LogP contribution in [0, 0.1) is 0 Å². The number of aliphatic carboxylic acids is 3. The first-order valence-electron chi connectivity index (χ1n) is 4.61. The molecule has 100 valence electrons. The molecular formula is C9H12N2O7. The minimum Gasteiger partial charge on any atom is -0.481 e. The van der Waals surface area contributed by atoms with Gasteiger partial charge in [0.1, 0.15) is 0 Å². The SMILES string of the molecule is O=C(O)CC(O)(CC(=O)O)C(=O)O.c1cn[nH]c1. The van der Waals surface area contributed by atoms with Crippen LogP contribution < -0.4 is 0 Å². The van der Waals surface area contributed by atoms with Gasteiger partial charge in [-0.2, -0.15) is 5.10 Å². The van der Waals surface area contributed by atoms with Gasteiger partial charge < -0.3 is 20.4 Å². The Labute approximate surface area is 101 Å². The molecule has 1 aromatic heterocycles. The lowest BCUT2D eigenvalue weighted by molar-refractivity contribution is -0.170. The summed E-state index contributed by atoms with van der Waals surface area (Å²) in [5.41, 5.74) is -2.74. The van der Waals surface area contributed by atoms with E-state index in [0.717, 1.165) is 0 Å². The molecule has 0 aromatic carbocycles. The maximum Gasteiger partial charge on any atom is 0.336 e. The Hall–Kier alpha value is -2.42. The summed E-state index contributed by atoms with van der Waals surface area (Å²) in [6.07, 6.45) is 1.17. The fourth-order valence-electron chi connectivity index (χ4n) is 0.929. The standard InChI is InChI=1S/C6H8O7.C3H4N2/c7-3(8)1-6(13,5(11)12)2-4(9)10;1-2-4-5-3-1/h13H,1-2H2,(H,7,8)(H,9,10)(H,11,12);1-3H,(H,4,5). The van der Waals surface area contributed by atoms with Gasteiger partial charge in [-0.25, -0.2) is 4.79 Å². The third kappa shape index (κ3) is 6.23. The van der Waals surface area contributed by atoms with Gasteiger partial charge in [-0.15, -0.1) is 0 Å². The van der Waals surface area contributed by atoms with Crippen molar-refractivity contribution >= 4 is 17.9 Å². The zero-order chi connectivity index (χ0) is 14.2. The Bertz CT molecular complexity index is 368. The van der Waals surface area contributed by atoms with Crippen LogP contribution >= 0.6 is 0 Å². The minimum atomic E-state index is -2.74. The molecule has 1 rings (SSSR count). The van der Waals surface area contributed by atoms with E-state index in [-0.39, 0.29) is 0 Å². The van der Waals surface area contributed by atoms with Gasteiger partial charge in [0.2, 0.25) is 0 Å². The minimum absolute atomic E-state index is 1.14. The monoisotopic (exact) mass is 260 g/mol. The van der Waals surface area contributed by atoms with E-state index in [4.69, 9.17) is 20.4 Å². The highest BCUT2D eigenvalue weighted by molar-refractivity contribution is 5.88. The molecule has 0 amide bonds. The summed E-state index contributed by atoms with van der Waals surface area (Å²) < 4.78 is 0. The Kier molecular flexibility index (Phi) is 6.07. The highest BCUT2D eigenvalue weighted by Crippen LogP contribution is 2.15. The molecule has 9 nitrogen and oxygen atoms in total. The van der Waals surface area contributed by atoms with Gasteiger partial charge in [0.05, 0.1) is 12.8 Å².